The molecule has 282 valence electrons. The number of fused-ring (bicyclic) bond motifs is 5. The molecule has 0 amide bonds. The summed E-state index contributed by atoms with van der Waals surface area (Å²) in [4.78, 5) is 10.4. The highest BCUT2D eigenvalue weighted by molar-refractivity contribution is 6.11. The van der Waals surface area contributed by atoms with Crippen molar-refractivity contribution in [3.05, 3.63) is 165 Å². The van der Waals surface area contributed by atoms with Gasteiger partial charge in [-0.3, -0.25) is 4.57 Å². The molecule has 0 radical (unpaired) electrons. The Bertz CT molecular complexity index is 2710. The molecule has 0 saturated carbocycles. The minimum absolute atomic E-state index is 0.000796. The summed E-state index contributed by atoms with van der Waals surface area (Å²) >= 11 is 0. The monoisotopic (exact) mass is 737 g/mol. The van der Waals surface area contributed by atoms with E-state index in [1.54, 1.807) is 0 Å². The summed E-state index contributed by atoms with van der Waals surface area (Å²) < 4.78 is 16.2. The average Bonchev–Trinajstić information content (AvgIpc) is 3.75. The fourth-order valence-electron chi connectivity index (χ4n) is 8.57. The van der Waals surface area contributed by atoms with E-state index in [2.05, 4.69) is 171 Å². The number of rotatable bonds is 5. The molecule has 2 aliphatic heterocycles. The Morgan fingerprint density at radius 2 is 1.36 bits per heavy atom. The molecular formula is C51H51N3O2. The molecule has 0 bridgehead atoms. The molecule has 56 heavy (non-hydrogen) atoms. The minimum Gasteiger partial charge on any atom is -0.467 e. The average molecular weight is 738 g/mol. The van der Waals surface area contributed by atoms with Gasteiger partial charge in [0, 0.05) is 34.0 Å². The zero-order valence-electron chi connectivity index (χ0n) is 34.3. The quantitative estimate of drug-likeness (QED) is 0.177. The lowest BCUT2D eigenvalue weighted by Gasteiger charge is -2.36. The maximum Gasteiger partial charge on any atom is 0.217 e. The van der Waals surface area contributed by atoms with Gasteiger partial charge in [-0.05, 0) is 106 Å². The van der Waals surface area contributed by atoms with Crippen molar-refractivity contribution in [1.82, 2.24) is 9.55 Å². The summed E-state index contributed by atoms with van der Waals surface area (Å²) in [5, 5.41) is 2.43. The van der Waals surface area contributed by atoms with Crippen LogP contribution in [-0.4, -0.2) is 15.4 Å². The van der Waals surface area contributed by atoms with Crippen LogP contribution in [0.1, 0.15) is 118 Å². The summed E-state index contributed by atoms with van der Waals surface area (Å²) in [5.74, 6) is 2.19. The van der Waals surface area contributed by atoms with E-state index in [-0.39, 0.29) is 28.4 Å². The maximum absolute atomic E-state index is 7.01. The number of hydrogen-bond donors (Lipinski definition) is 0. The molecule has 4 heterocycles. The molecule has 0 saturated heterocycles. The van der Waals surface area contributed by atoms with Crippen LogP contribution in [-0.2, 0) is 21.0 Å². The van der Waals surface area contributed by atoms with Crippen molar-refractivity contribution in [2.24, 2.45) is 4.99 Å². The van der Waals surface area contributed by atoms with Crippen molar-refractivity contribution in [3.8, 4) is 17.2 Å². The number of ether oxygens (including phenoxy) is 2. The molecule has 5 heteroatoms. The molecule has 2 atom stereocenters. The van der Waals surface area contributed by atoms with E-state index < -0.39 is 0 Å². The summed E-state index contributed by atoms with van der Waals surface area (Å²) in [6.45, 7) is 22.6. The van der Waals surface area contributed by atoms with Gasteiger partial charge in [-0.15, -0.1) is 0 Å². The van der Waals surface area contributed by atoms with Crippen LogP contribution in [0.5, 0.6) is 11.5 Å². The number of benzene rings is 5. The number of aromatic nitrogens is 2. The second kappa shape index (κ2) is 12.7. The number of aryl methyl sites for hydroxylation is 2. The van der Waals surface area contributed by atoms with Crippen molar-refractivity contribution in [2.45, 2.75) is 97.6 Å². The van der Waals surface area contributed by atoms with Crippen molar-refractivity contribution in [1.29, 1.82) is 0 Å². The molecule has 7 aromatic rings. The predicted molar refractivity (Wildman–Crippen MR) is 230 cm³/mol. The summed E-state index contributed by atoms with van der Waals surface area (Å²) in [7, 11) is 0. The molecule has 0 spiro atoms. The molecular weight excluding hydrogens is 687 g/mol. The summed E-state index contributed by atoms with van der Waals surface area (Å²) in [6, 6.07) is 38.8. The van der Waals surface area contributed by atoms with Crippen LogP contribution in [0.25, 0.3) is 27.6 Å². The highest BCUT2D eigenvalue weighted by atomic mass is 16.5. The highest BCUT2D eigenvalue weighted by Gasteiger charge is 2.38. The van der Waals surface area contributed by atoms with Gasteiger partial charge in [0.1, 0.15) is 23.2 Å². The van der Waals surface area contributed by atoms with Crippen LogP contribution in [0.15, 0.2) is 120 Å². The molecule has 5 nitrogen and oxygen atoms in total. The molecule has 2 aliphatic rings. The van der Waals surface area contributed by atoms with Gasteiger partial charge in [-0.2, -0.15) is 0 Å². The van der Waals surface area contributed by atoms with Gasteiger partial charge < -0.3 is 9.47 Å². The lowest BCUT2D eigenvalue weighted by atomic mass is 9.72. The van der Waals surface area contributed by atoms with E-state index in [1.807, 2.05) is 18.3 Å². The Labute approximate surface area is 331 Å². The third kappa shape index (κ3) is 5.91. The van der Waals surface area contributed by atoms with Crippen LogP contribution >= 0.6 is 0 Å². The number of nitrogens with zero attached hydrogens (tertiary/aromatic N) is 3. The topological polar surface area (TPSA) is 48.6 Å². The van der Waals surface area contributed by atoms with Crippen LogP contribution < -0.4 is 4.74 Å². The Morgan fingerprint density at radius 3 is 2.04 bits per heavy atom. The zero-order valence-corrected chi connectivity index (χ0v) is 34.3. The largest absolute Gasteiger partial charge is 0.467 e. The Kier molecular flexibility index (Phi) is 8.14. The first-order chi connectivity index (χ1) is 26.6. The molecule has 5 aromatic carbocycles. The first kappa shape index (κ1) is 36.0. The Balaban J connectivity index is 1.18. The normalized spacial score (nSPS) is 17.5. The fraction of sp³-hybridized carbons (Fsp3) is 0.294. The SMILES string of the molecule is Cc1cnc2c(c1)c1cc(C(C)(C)C)cc3c1n2-c1cc(Oc2cc(C4=N[C@H](c5ccccc5)[C@@H](c5ccccc5)O4)cc(C(C)(C)C)c2)c(C)cc1C3(C)C. The molecule has 0 fully saturated rings. The van der Waals surface area contributed by atoms with E-state index in [0.29, 0.717) is 5.90 Å². The van der Waals surface area contributed by atoms with Crippen LogP contribution in [0.2, 0.25) is 0 Å². The van der Waals surface area contributed by atoms with Gasteiger partial charge >= 0.3 is 0 Å². The van der Waals surface area contributed by atoms with E-state index in [4.69, 9.17) is 19.5 Å². The van der Waals surface area contributed by atoms with Crippen molar-refractivity contribution in [2.75, 3.05) is 0 Å². The Morgan fingerprint density at radius 1 is 0.696 bits per heavy atom. The maximum atomic E-state index is 7.01. The molecule has 9 rings (SSSR count). The van der Waals surface area contributed by atoms with Gasteiger partial charge in [0.25, 0.3) is 0 Å². The second-order valence-electron chi connectivity index (χ2n) is 18.5. The number of hydrogen-bond acceptors (Lipinski definition) is 4. The van der Waals surface area contributed by atoms with E-state index in [1.165, 1.54) is 33.0 Å². The van der Waals surface area contributed by atoms with Gasteiger partial charge in [0.15, 0.2) is 6.10 Å². The van der Waals surface area contributed by atoms with Gasteiger partial charge in [0.2, 0.25) is 5.90 Å². The number of pyridine rings is 1. The van der Waals surface area contributed by atoms with E-state index in [9.17, 15) is 0 Å². The van der Waals surface area contributed by atoms with Gasteiger partial charge in [-0.1, -0.05) is 122 Å². The second-order valence-corrected chi connectivity index (χ2v) is 18.5. The first-order valence-corrected chi connectivity index (χ1v) is 19.9. The fourth-order valence-corrected chi connectivity index (χ4v) is 8.57. The summed E-state index contributed by atoms with van der Waals surface area (Å²) in [5.41, 5.74) is 13.4. The minimum atomic E-state index is -0.251. The molecule has 0 aliphatic carbocycles. The molecule has 0 unspecified atom stereocenters. The van der Waals surface area contributed by atoms with Crippen LogP contribution in [0.4, 0.5) is 0 Å². The van der Waals surface area contributed by atoms with Gasteiger partial charge in [0.05, 0.1) is 11.2 Å². The third-order valence-corrected chi connectivity index (χ3v) is 11.9. The standard InChI is InChI=1S/C51H51N3O2/c1-30-21-39-38-26-36(50(6,7)8)27-41-45(38)54(47(39)52-29-30)42-28-43(31(2)22-40(42)51(41,9)10)55-37-24-34(23-35(25-37)49(3,4)5)48-53-44(32-17-13-11-14-18-32)46(56-48)33-19-15-12-16-20-33/h11-29,44,46H,1-10H3/t44-,46-/m1/s1. The first-order valence-electron chi connectivity index (χ1n) is 19.9. The van der Waals surface area contributed by atoms with Crippen molar-refractivity contribution < 1.29 is 9.47 Å². The molecule has 0 N–H and O–H groups in total. The highest BCUT2D eigenvalue weighted by Crippen LogP contribution is 2.50. The number of aliphatic imine (C=N–C) groups is 1. The van der Waals surface area contributed by atoms with E-state index >= 15 is 0 Å². The third-order valence-electron chi connectivity index (χ3n) is 11.9. The molecule has 2 aromatic heterocycles. The zero-order chi connectivity index (χ0) is 39.3. The summed E-state index contributed by atoms with van der Waals surface area (Å²) in [6.07, 6.45) is 1.74. The lowest BCUT2D eigenvalue weighted by molar-refractivity contribution is 0.197. The smallest absolute Gasteiger partial charge is 0.217 e. The van der Waals surface area contributed by atoms with Gasteiger partial charge in [-0.25, -0.2) is 9.98 Å². The predicted octanol–water partition coefficient (Wildman–Crippen LogP) is 13.1. The van der Waals surface area contributed by atoms with Crippen LogP contribution in [0, 0.1) is 13.8 Å². The van der Waals surface area contributed by atoms with E-state index in [0.717, 1.165) is 56.2 Å². The lowest BCUT2D eigenvalue weighted by Crippen LogP contribution is -2.27. The van der Waals surface area contributed by atoms with Crippen LogP contribution in [0.3, 0.4) is 0 Å². The van der Waals surface area contributed by atoms with Crippen molar-refractivity contribution >= 4 is 27.8 Å². The Hall–Kier alpha value is -5.68. The van der Waals surface area contributed by atoms with Crippen molar-refractivity contribution in [3.63, 3.8) is 0 Å².